The lowest BCUT2D eigenvalue weighted by Gasteiger charge is -2.27. The first-order valence-electron chi connectivity index (χ1n) is 7.11. The van der Waals surface area contributed by atoms with Crippen molar-refractivity contribution in [2.45, 2.75) is 32.7 Å². The van der Waals surface area contributed by atoms with Gasteiger partial charge in [0.05, 0.1) is 10.9 Å². The zero-order chi connectivity index (χ0) is 15.9. The fourth-order valence-corrected chi connectivity index (χ4v) is 2.66. The number of aryl methyl sites for hydroxylation is 1. The van der Waals surface area contributed by atoms with Crippen molar-refractivity contribution in [3.63, 3.8) is 0 Å². The van der Waals surface area contributed by atoms with Gasteiger partial charge in [0, 0.05) is 19.4 Å². The van der Waals surface area contributed by atoms with E-state index in [-0.39, 0.29) is 24.7 Å². The van der Waals surface area contributed by atoms with Crippen molar-refractivity contribution in [1.82, 2.24) is 9.66 Å². The number of imide groups is 1. The van der Waals surface area contributed by atoms with E-state index < -0.39 is 5.56 Å². The number of piperidine rings is 1. The van der Waals surface area contributed by atoms with E-state index in [1.807, 2.05) is 0 Å². The largest absolute Gasteiger partial charge is 0.326 e. The Hall–Kier alpha value is -2.54. The first kappa shape index (κ1) is 14.4. The number of fused-ring (bicyclic) bond motifs is 1. The lowest BCUT2D eigenvalue weighted by molar-refractivity contribution is -0.131. The number of nitrogens with two attached hydrogens (primary N) is 1. The van der Waals surface area contributed by atoms with E-state index >= 15 is 0 Å². The van der Waals surface area contributed by atoms with Crippen LogP contribution in [-0.4, -0.2) is 21.5 Å². The summed E-state index contributed by atoms with van der Waals surface area (Å²) in [5.74, 6) is -0.447. The number of hydrogen-bond acceptors (Lipinski definition) is 5. The Morgan fingerprint density at radius 2 is 1.86 bits per heavy atom. The van der Waals surface area contributed by atoms with E-state index in [9.17, 15) is 14.4 Å². The Labute approximate surface area is 126 Å². The molecule has 1 aromatic carbocycles. The van der Waals surface area contributed by atoms with Crippen molar-refractivity contribution in [3.8, 4) is 0 Å². The summed E-state index contributed by atoms with van der Waals surface area (Å²) in [7, 11) is 0. The second kappa shape index (κ2) is 5.34. The second-order valence-electron chi connectivity index (χ2n) is 5.28. The normalized spacial score (nSPS) is 15.6. The molecule has 1 aromatic heterocycles. The quantitative estimate of drug-likeness (QED) is 0.806. The molecule has 0 unspecified atom stereocenters. The minimum absolute atomic E-state index is 0.249. The predicted octanol–water partition coefficient (Wildman–Crippen LogP) is 0.339. The fraction of sp³-hybridized carbons (Fsp3) is 0.333. The highest BCUT2D eigenvalue weighted by atomic mass is 16.2. The molecule has 3 rings (SSSR count). The molecule has 2 amide bonds. The van der Waals surface area contributed by atoms with Crippen LogP contribution in [0.5, 0.6) is 0 Å². The number of rotatable bonds is 2. The summed E-state index contributed by atoms with van der Waals surface area (Å²) in [6.07, 6.45) is 1.01. The Morgan fingerprint density at radius 1 is 1.18 bits per heavy atom. The van der Waals surface area contributed by atoms with Crippen LogP contribution in [0.1, 0.15) is 30.7 Å². The van der Waals surface area contributed by atoms with Gasteiger partial charge < -0.3 is 5.73 Å². The van der Waals surface area contributed by atoms with Crippen LogP contribution < -0.4 is 16.3 Å². The number of hydrogen-bond donors (Lipinski definition) is 1. The molecule has 2 heterocycles. The van der Waals surface area contributed by atoms with Crippen LogP contribution in [0.4, 0.5) is 0 Å². The Bertz CT molecular complexity index is 825. The zero-order valence-electron chi connectivity index (χ0n) is 12.2. The number of carbonyl (C=O) groups is 2. The number of nitrogens with zero attached hydrogens (tertiary/aromatic N) is 3. The van der Waals surface area contributed by atoms with Crippen LogP contribution in [0.25, 0.3) is 10.9 Å². The van der Waals surface area contributed by atoms with Gasteiger partial charge in [-0.05, 0) is 31.0 Å². The van der Waals surface area contributed by atoms with Crippen molar-refractivity contribution < 1.29 is 9.59 Å². The molecule has 0 atom stereocenters. The Morgan fingerprint density at radius 3 is 2.50 bits per heavy atom. The van der Waals surface area contributed by atoms with Crippen LogP contribution >= 0.6 is 0 Å². The molecular formula is C15H16N4O3. The van der Waals surface area contributed by atoms with E-state index in [4.69, 9.17) is 5.73 Å². The molecule has 114 valence electrons. The summed E-state index contributed by atoms with van der Waals surface area (Å²) < 4.78 is 1.08. The molecular weight excluding hydrogens is 284 g/mol. The van der Waals surface area contributed by atoms with Gasteiger partial charge >= 0.3 is 0 Å². The summed E-state index contributed by atoms with van der Waals surface area (Å²) in [6, 6.07) is 5.17. The maximum absolute atomic E-state index is 12.7. The molecule has 7 heteroatoms. The molecule has 1 saturated heterocycles. The van der Waals surface area contributed by atoms with Gasteiger partial charge in [0.25, 0.3) is 5.56 Å². The third-order valence-corrected chi connectivity index (χ3v) is 3.76. The SMILES string of the molecule is Cc1nc2ccc(CN)cc2c(=O)n1N1C(=O)CCCC1=O. The van der Waals surface area contributed by atoms with E-state index in [0.29, 0.717) is 29.7 Å². The maximum atomic E-state index is 12.7. The topological polar surface area (TPSA) is 98.3 Å². The summed E-state index contributed by atoms with van der Waals surface area (Å²) in [4.78, 5) is 41.2. The molecule has 0 aliphatic carbocycles. The van der Waals surface area contributed by atoms with Gasteiger partial charge in [0.1, 0.15) is 5.82 Å². The summed E-state index contributed by atoms with van der Waals surface area (Å²) >= 11 is 0. The van der Waals surface area contributed by atoms with Crippen LogP contribution in [0.15, 0.2) is 23.0 Å². The van der Waals surface area contributed by atoms with Crippen LogP contribution in [-0.2, 0) is 16.1 Å². The van der Waals surface area contributed by atoms with Crippen molar-refractivity contribution in [2.24, 2.45) is 5.73 Å². The van der Waals surface area contributed by atoms with Gasteiger partial charge in [-0.3, -0.25) is 14.4 Å². The molecule has 1 fully saturated rings. The number of aromatic nitrogens is 2. The van der Waals surface area contributed by atoms with E-state index in [1.54, 1.807) is 25.1 Å². The fourth-order valence-electron chi connectivity index (χ4n) is 2.66. The number of carbonyl (C=O) groups excluding carboxylic acids is 2. The average molecular weight is 300 g/mol. The van der Waals surface area contributed by atoms with Crippen molar-refractivity contribution in [3.05, 3.63) is 39.9 Å². The monoisotopic (exact) mass is 300 g/mol. The molecule has 0 bridgehead atoms. The smallest absolute Gasteiger partial charge is 0.280 e. The predicted molar refractivity (Wildman–Crippen MR) is 80.7 cm³/mol. The van der Waals surface area contributed by atoms with E-state index in [1.165, 1.54) is 0 Å². The molecule has 22 heavy (non-hydrogen) atoms. The van der Waals surface area contributed by atoms with Crippen molar-refractivity contribution >= 4 is 22.7 Å². The first-order valence-corrected chi connectivity index (χ1v) is 7.11. The molecule has 1 aliphatic rings. The van der Waals surface area contributed by atoms with Crippen molar-refractivity contribution in [1.29, 1.82) is 0 Å². The average Bonchev–Trinajstić information content (AvgIpc) is 2.50. The van der Waals surface area contributed by atoms with E-state index in [2.05, 4.69) is 4.98 Å². The third kappa shape index (κ3) is 2.19. The second-order valence-corrected chi connectivity index (χ2v) is 5.28. The zero-order valence-corrected chi connectivity index (χ0v) is 12.2. The standard InChI is InChI=1S/C15H16N4O3/c1-9-17-12-6-5-10(8-16)7-11(12)15(22)18(9)19-13(20)3-2-4-14(19)21/h5-7H,2-4,8,16H2,1H3. The summed E-state index contributed by atoms with van der Waals surface area (Å²) in [6.45, 7) is 1.90. The maximum Gasteiger partial charge on any atom is 0.280 e. The van der Waals surface area contributed by atoms with Gasteiger partial charge in [-0.25, -0.2) is 4.98 Å². The highest BCUT2D eigenvalue weighted by Gasteiger charge is 2.30. The first-order chi connectivity index (χ1) is 10.5. The highest BCUT2D eigenvalue weighted by Crippen LogP contribution is 2.15. The summed E-state index contributed by atoms with van der Waals surface area (Å²) in [5.41, 5.74) is 6.48. The lowest BCUT2D eigenvalue weighted by atomic mass is 10.1. The van der Waals surface area contributed by atoms with Gasteiger partial charge in [0.15, 0.2) is 0 Å². The molecule has 2 aromatic rings. The Balaban J connectivity index is 2.27. The van der Waals surface area contributed by atoms with Gasteiger partial charge in [-0.1, -0.05) is 6.07 Å². The lowest BCUT2D eigenvalue weighted by Crippen LogP contribution is -2.53. The van der Waals surface area contributed by atoms with Crippen LogP contribution in [0.2, 0.25) is 0 Å². The molecule has 0 spiro atoms. The Kier molecular flexibility index (Phi) is 3.50. The minimum Gasteiger partial charge on any atom is -0.326 e. The summed E-state index contributed by atoms with van der Waals surface area (Å²) in [5, 5.41) is 1.27. The van der Waals surface area contributed by atoms with Crippen molar-refractivity contribution in [2.75, 3.05) is 5.01 Å². The minimum atomic E-state index is -0.429. The molecule has 0 radical (unpaired) electrons. The van der Waals surface area contributed by atoms with Crippen LogP contribution in [0, 0.1) is 6.92 Å². The molecule has 7 nitrogen and oxygen atoms in total. The van der Waals surface area contributed by atoms with Gasteiger partial charge in [-0.2, -0.15) is 9.69 Å². The van der Waals surface area contributed by atoms with E-state index in [0.717, 1.165) is 15.2 Å². The third-order valence-electron chi connectivity index (χ3n) is 3.76. The number of benzene rings is 1. The number of amides is 2. The molecule has 1 aliphatic heterocycles. The molecule has 0 saturated carbocycles. The van der Waals surface area contributed by atoms with Crippen LogP contribution in [0.3, 0.4) is 0 Å². The van der Waals surface area contributed by atoms with Gasteiger partial charge in [-0.15, -0.1) is 0 Å². The van der Waals surface area contributed by atoms with Gasteiger partial charge in [0.2, 0.25) is 11.8 Å². The molecule has 2 N–H and O–H groups in total. The highest BCUT2D eigenvalue weighted by molar-refractivity contribution is 6.10.